The van der Waals surface area contributed by atoms with Gasteiger partial charge in [0.25, 0.3) is 0 Å². The Balaban J connectivity index is 1.65. The monoisotopic (exact) mass is 374 g/mol. The summed E-state index contributed by atoms with van der Waals surface area (Å²) in [6, 6.07) is 6.91. The third-order valence-electron chi connectivity index (χ3n) is 4.62. The van der Waals surface area contributed by atoms with Crippen LogP contribution in [0.3, 0.4) is 0 Å². The van der Waals surface area contributed by atoms with Crippen molar-refractivity contribution in [2.24, 2.45) is 0 Å². The van der Waals surface area contributed by atoms with Crippen LogP contribution in [0.5, 0.6) is 0 Å². The number of allylic oxidation sites excluding steroid dienone is 1. The van der Waals surface area contributed by atoms with E-state index in [1.54, 1.807) is 16.8 Å². The average molecular weight is 375 g/mol. The summed E-state index contributed by atoms with van der Waals surface area (Å²) >= 11 is 6.02. The number of nitrogens with zero attached hydrogens (tertiary/aromatic N) is 3. The zero-order chi connectivity index (χ0) is 18.1. The van der Waals surface area contributed by atoms with Crippen molar-refractivity contribution in [3.63, 3.8) is 0 Å². The molecule has 1 saturated heterocycles. The molecule has 2 aromatic rings. The number of esters is 1. The van der Waals surface area contributed by atoms with Gasteiger partial charge in [-0.15, -0.1) is 0 Å². The van der Waals surface area contributed by atoms with Crippen LogP contribution in [0.25, 0.3) is 0 Å². The van der Waals surface area contributed by atoms with E-state index >= 15 is 0 Å². The standard InChI is InChI=1S/C18H19ClN4O3/c1-11-15(17(24)26-9-14-3-2-8-25-14)16(12-4-6-13(19)7-5-12)23-18(22-11)20-10-21-23/h4-7,10,14,16H,2-3,8-9H2,1H3,(H,20,21,22). The Morgan fingerprint density at radius 1 is 1.42 bits per heavy atom. The maximum atomic E-state index is 12.9. The Morgan fingerprint density at radius 2 is 2.23 bits per heavy atom. The smallest absolute Gasteiger partial charge is 0.338 e. The minimum Gasteiger partial charge on any atom is -0.459 e. The van der Waals surface area contributed by atoms with Gasteiger partial charge >= 0.3 is 5.97 Å². The molecule has 0 aliphatic carbocycles. The van der Waals surface area contributed by atoms with Crippen molar-refractivity contribution in [3.05, 3.63) is 52.4 Å². The Kier molecular flexibility index (Phi) is 4.65. The molecular formula is C18H19ClN4O3. The number of halogens is 1. The summed E-state index contributed by atoms with van der Waals surface area (Å²) in [5.74, 6) is 0.199. The predicted molar refractivity (Wildman–Crippen MR) is 95.9 cm³/mol. The second kappa shape index (κ2) is 7.09. The van der Waals surface area contributed by atoms with Crippen LogP contribution in [-0.2, 0) is 14.3 Å². The van der Waals surface area contributed by atoms with Crippen molar-refractivity contribution in [3.8, 4) is 0 Å². The second-order valence-corrected chi connectivity index (χ2v) is 6.82. The van der Waals surface area contributed by atoms with Gasteiger partial charge < -0.3 is 14.8 Å². The lowest BCUT2D eigenvalue weighted by Gasteiger charge is -2.28. The molecule has 2 aliphatic rings. The Bertz CT molecular complexity index is 840. The number of benzene rings is 1. The molecule has 0 amide bonds. The zero-order valence-corrected chi connectivity index (χ0v) is 15.1. The number of hydrogen-bond acceptors (Lipinski definition) is 6. The van der Waals surface area contributed by atoms with E-state index < -0.39 is 6.04 Å². The highest BCUT2D eigenvalue weighted by Crippen LogP contribution is 2.35. The number of nitrogens with one attached hydrogen (secondary N) is 1. The van der Waals surface area contributed by atoms with E-state index in [0.29, 0.717) is 22.2 Å². The van der Waals surface area contributed by atoms with E-state index in [4.69, 9.17) is 21.1 Å². The second-order valence-electron chi connectivity index (χ2n) is 6.38. The molecule has 1 aromatic heterocycles. The predicted octanol–water partition coefficient (Wildman–Crippen LogP) is 2.94. The van der Waals surface area contributed by atoms with Crippen LogP contribution in [-0.4, -0.2) is 40.1 Å². The number of aromatic nitrogens is 3. The van der Waals surface area contributed by atoms with Crippen LogP contribution < -0.4 is 5.32 Å². The maximum Gasteiger partial charge on any atom is 0.338 e. The molecule has 4 rings (SSSR count). The molecule has 0 saturated carbocycles. The van der Waals surface area contributed by atoms with Crippen LogP contribution in [0.15, 0.2) is 41.9 Å². The molecule has 136 valence electrons. The zero-order valence-electron chi connectivity index (χ0n) is 14.3. The van der Waals surface area contributed by atoms with Gasteiger partial charge in [0.1, 0.15) is 19.0 Å². The van der Waals surface area contributed by atoms with Crippen LogP contribution >= 0.6 is 11.6 Å². The van der Waals surface area contributed by atoms with Gasteiger partial charge in [-0.05, 0) is 37.5 Å². The van der Waals surface area contributed by atoms with Crippen molar-refractivity contribution < 1.29 is 14.3 Å². The minimum atomic E-state index is -0.428. The molecule has 8 heteroatoms. The van der Waals surface area contributed by atoms with Gasteiger partial charge in [0.05, 0.1) is 11.7 Å². The summed E-state index contributed by atoms with van der Waals surface area (Å²) < 4.78 is 12.8. The van der Waals surface area contributed by atoms with Crippen molar-refractivity contribution in [2.45, 2.75) is 31.9 Å². The summed E-state index contributed by atoms with van der Waals surface area (Å²) in [7, 11) is 0. The first-order valence-electron chi connectivity index (χ1n) is 8.55. The summed E-state index contributed by atoms with van der Waals surface area (Å²) in [5.41, 5.74) is 2.08. The average Bonchev–Trinajstić information content (AvgIpc) is 3.30. The van der Waals surface area contributed by atoms with Gasteiger partial charge in [0.2, 0.25) is 5.95 Å². The fourth-order valence-corrected chi connectivity index (χ4v) is 3.46. The van der Waals surface area contributed by atoms with Crippen LogP contribution in [0.4, 0.5) is 5.95 Å². The number of fused-ring (bicyclic) bond motifs is 1. The van der Waals surface area contributed by atoms with E-state index in [-0.39, 0.29) is 18.7 Å². The Hall–Kier alpha value is -2.38. The minimum absolute atomic E-state index is 0.0210. The highest BCUT2D eigenvalue weighted by atomic mass is 35.5. The van der Waals surface area contributed by atoms with Gasteiger partial charge in [0.15, 0.2) is 0 Å². The topological polar surface area (TPSA) is 78.3 Å². The van der Waals surface area contributed by atoms with Gasteiger partial charge in [-0.2, -0.15) is 10.1 Å². The number of rotatable bonds is 4. The third kappa shape index (κ3) is 3.20. The fourth-order valence-electron chi connectivity index (χ4n) is 3.33. The van der Waals surface area contributed by atoms with E-state index in [0.717, 1.165) is 25.0 Å². The normalized spacial score (nSPS) is 22.1. The first kappa shape index (κ1) is 17.1. The number of hydrogen-bond donors (Lipinski definition) is 1. The molecule has 1 aromatic carbocycles. The van der Waals surface area contributed by atoms with Crippen LogP contribution in [0, 0.1) is 0 Å². The Labute approximate surface area is 156 Å². The van der Waals surface area contributed by atoms with Gasteiger partial charge in [-0.1, -0.05) is 23.7 Å². The number of carbonyl (C=O) groups excluding carboxylic acids is 1. The summed E-state index contributed by atoms with van der Waals surface area (Å²) in [6.07, 6.45) is 3.35. The molecule has 7 nitrogen and oxygen atoms in total. The molecule has 1 fully saturated rings. The van der Waals surface area contributed by atoms with Crippen molar-refractivity contribution in [1.82, 2.24) is 14.8 Å². The molecule has 0 bridgehead atoms. The third-order valence-corrected chi connectivity index (χ3v) is 4.88. The first-order valence-corrected chi connectivity index (χ1v) is 8.93. The molecule has 0 spiro atoms. The number of anilines is 1. The van der Waals surface area contributed by atoms with Crippen LogP contribution in [0.1, 0.15) is 31.4 Å². The SMILES string of the molecule is CC1=C(C(=O)OCC2CCCO2)C(c2ccc(Cl)cc2)n2ncnc2N1. The molecular weight excluding hydrogens is 356 g/mol. The molecule has 2 unspecified atom stereocenters. The highest BCUT2D eigenvalue weighted by Gasteiger charge is 2.34. The molecule has 0 radical (unpaired) electrons. The van der Waals surface area contributed by atoms with Crippen molar-refractivity contribution in [2.75, 3.05) is 18.5 Å². The lowest BCUT2D eigenvalue weighted by atomic mass is 9.96. The van der Waals surface area contributed by atoms with E-state index in [1.165, 1.54) is 6.33 Å². The Morgan fingerprint density at radius 3 is 2.96 bits per heavy atom. The molecule has 3 heterocycles. The first-order chi connectivity index (χ1) is 12.6. The van der Waals surface area contributed by atoms with Gasteiger partial charge in [-0.25, -0.2) is 9.48 Å². The van der Waals surface area contributed by atoms with Gasteiger partial charge in [0, 0.05) is 17.3 Å². The molecule has 26 heavy (non-hydrogen) atoms. The summed E-state index contributed by atoms with van der Waals surface area (Å²) in [4.78, 5) is 17.1. The number of carbonyl (C=O) groups is 1. The molecule has 2 aliphatic heterocycles. The van der Waals surface area contributed by atoms with E-state index in [2.05, 4.69) is 15.4 Å². The number of ether oxygens (including phenoxy) is 2. The molecule has 2 atom stereocenters. The fraction of sp³-hybridized carbons (Fsp3) is 0.389. The quantitative estimate of drug-likeness (QED) is 0.829. The van der Waals surface area contributed by atoms with Crippen molar-refractivity contribution in [1.29, 1.82) is 0 Å². The highest BCUT2D eigenvalue weighted by molar-refractivity contribution is 6.30. The van der Waals surface area contributed by atoms with Crippen LogP contribution in [0.2, 0.25) is 5.02 Å². The van der Waals surface area contributed by atoms with E-state index in [9.17, 15) is 4.79 Å². The van der Waals surface area contributed by atoms with Gasteiger partial charge in [-0.3, -0.25) is 0 Å². The summed E-state index contributed by atoms with van der Waals surface area (Å²) in [6.45, 7) is 2.82. The van der Waals surface area contributed by atoms with Crippen molar-refractivity contribution >= 4 is 23.5 Å². The molecule has 1 N–H and O–H groups in total. The lowest BCUT2D eigenvalue weighted by Crippen LogP contribution is -2.30. The summed E-state index contributed by atoms with van der Waals surface area (Å²) in [5, 5.41) is 8.04. The largest absolute Gasteiger partial charge is 0.459 e. The van der Waals surface area contributed by atoms with E-state index in [1.807, 2.05) is 19.1 Å². The lowest BCUT2D eigenvalue weighted by molar-refractivity contribution is -0.142. The maximum absolute atomic E-state index is 12.9.